The van der Waals surface area contributed by atoms with E-state index in [2.05, 4.69) is 0 Å². The second-order valence-electron chi connectivity index (χ2n) is 10.7. The zero-order chi connectivity index (χ0) is 29.0. The minimum absolute atomic E-state index is 0.00330. The van der Waals surface area contributed by atoms with Crippen molar-refractivity contribution < 1.29 is 24.2 Å². The van der Waals surface area contributed by atoms with Crippen molar-refractivity contribution in [2.45, 2.75) is 59.0 Å². The van der Waals surface area contributed by atoms with Gasteiger partial charge >= 0.3 is 5.97 Å². The Labute approximate surface area is 240 Å². The quantitative estimate of drug-likeness (QED) is 0.299. The highest BCUT2D eigenvalue weighted by molar-refractivity contribution is 6.30. The number of nitrogens with zero attached hydrogens (tertiary/aromatic N) is 2. The molecule has 0 unspecified atom stereocenters. The molecule has 3 aromatic carbocycles. The lowest BCUT2D eigenvalue weighted by Gasteiger charge is -2.43. The van der Waals surface area contributed by atoms with Gasteiger partial charge < -0.3 is 19.6 Å². The minimum Gasteiger partial charge on any atom is -0.494 e. The standard InChI is InChI=1S/C32H35ClN2O5/c1-5-29(36)35(24-14-12-23(33)13-15-24)28-20-21(2)34(27-9-7-6-8-26(27)28)30(37)22-10-16-25(17-11-22)40-19-18-32(3,4)31(38)39/h6-17,21,28H,5,18-20H2,1-4H3,(H,38,39)/t21-,28-/m1/s1. The summed E-state index contributed by atoms with van der Waals surface area (Å²) in [5.41, 5.74) is 2.08. The van der Waals surface area contributed by atoms with Crippen molar-refractivity contribution in [3.63, 3.8) is 0 Å². The summed E-state index contributed by atoms with van der Waals surface area (Å²) in [7, 11) is 0. The molecule has 0 spiro atoms. The molecule has 7 nitrogen and oxygen atoms in total. The van der Waals surface area contributed by atoms with Crippen molar-refractivity contribution >= 4 is 40.8 Å². The van der Waals surface area contributed by atoms with Crippen LogP contribution in [0.1, 0.15) is 68.9 Å². The van der Waals surface area contributed by atoms with Crippen molar-refractivity contribution in [2.75, 3.05) is 16.4 Å². The Bertz CT molecular complexity index is 1370. The third-order valence-electron chi connectivity index (χ3n) is 7.44. The van der Waals surface area contributed by atoms with Gasteiger partial charge in [0.15, 0.2) is 0 Å². The number of amides is 2. The molecule has 1 aliphatic heterocycles. The fraction of sp³-hybridized carbons (Fsp3) is 0.344. The Morgan fingerprint density at radius 1 is 1.02 bits per heavy atom. The lowest BCUT2D eigenvalue weighted by atomic mass is 9.89. The van der Waals surface area contributed by atoms with Gasteiger partial charge in [-0.3, -0.25) is 14.4 Å². The molecular weight excluding hydrogens is 528 g/mol. The number of fused-ring (bicyclic) bond motifs is 1. The molecule has 1 heterocycles. The van der Waals surface area contributed by atoms with E-state index in [-0.39, 0.29) is 30.5 Å². The fourth-order valence-electron chi connectivity index (χ4n) is 4.97. The van der Waals surface area contributed by atoms with E-state index >= 15 is 0 Å². The first-order valence-corrected chi connectivity index (χ1v) is 13.9. The fourth-order valence-corrected chi connectivity index (χ4v) is 5.10. The van der Waals surface area contributed by atoms with Crippen molar-refractivity contribution in [1.29, 1.82) is 0 Å². The van der Waals surface area contributed by atoms with Gasteiger partial charge in [-0.25, -0.2) is 0 Å². The number of para-hydroxylation sites is 1. The number of halogens is 1. The van der Waals surface area contributed by atoms with Gasteiger partial charge in [-0.15, -0.1) is 0 Å². The van der Waals surface area contributed by atoms with Gasteiger partial charge in [-0.1, -0.05) is 36.7 Å². The first kappa shape index (κ1) is 29.2. The number of carboxylic acids is 1. The molecule has 2 atom stereocenters. The molecule has 0 aromatic heterocycles. The van der Waals surface area contributed by atoms with E-state index in [9.17, 15) is 19.5 Å². The number of ether oxygens (including phenoxy) is 1. The van der Waals surface area contributed by atoms with E-state index in [4.69, 9.17) is 16.3 Å². The summed E-state index contributed by atoms with van der Waals surface area (Å²) in [4.78, 5) is 42.0. The van der Waals surface area contributed by atoms with Crippen LogP contribution in [0.3, 0.4) is 0 Å². The second kappa shape index (κ2) is 12.1. The first-order chi connectivity index (χ1) is 19.0. The van der Waals surface area contributed by atoms with Crippen LogP contribution in [0.4, 0.5) is 11.4 Å². The number of anilines is 2. The summed E-state index contributed by atoms with van der Waals surface area (Å²) >= 11 is 6.12. The Balaban J connectivity index is 1.58. The lowest BCUT2D eigenvalue weighted by molar-refractivity contribution is -0.147. The molecule has 40 heavy (non-hydrogen) atoms. The predicted molar refractivity (Wildman–Crippen MR) is 157 cm³/mol. The molecule has 3 aromatic rings. The molecule has 1 N–H and O–H groups in total. The van der Waals surface area contributed by atoms with E-state index in [0.29, 0.717) is 35.6 Å². The van der Waals surface area contributed by atoms with Crippen molar-refractivity contribution in [3.8, 4) is 5.75 Å². The van der Waals surface area contributed by atoms with Crippen LogP contribution in [-0.2, 0) is 9.59 Å². The van der Waals surface area contributed by atoms with Crippen molar-refractivity contribution in [2.24, 2.45) is 5.41 Å². The summed E-state index contributed by atoms with van der Waals surface area (Å²) in [5, 5.41) is 9.88. The van der Waals surface area contributed by atoms with E-state index < -0.39 is 11.4 Å². The Kier molecular flexibility index (Phi) is 8.84. The third kappa shape index (κ3) is 6.15. The Morgan fingerprint density at radius 3 is 2.30 bits per heavy atom. The van der Waals surface area contributed by atoms with Crippen LogP contribution in [0.25, 0.3) is 0 Å². The SMILES string of the molecule is CCC(=O)N(c1ccc(Cl)cc1)[C@@H]1C[C@@H](C)N(C(=O)c2ccc(OCCC(C)(C)C(=O)O)cc2)c2ccccc21. The molecule has 0 bridgehead atoms. The molecule has 4 rings (SSSR count). The number of aliphatic carboxylic acids is 1. The van der Waals surface area contributed by atoms with Crippen LogP contribution in [0.5, 0.6) is 5.75 Å². The maximum Gasteiger partial charge on any atom is 0.309 e. The van der Waals surface area contributed by atoms with E-state index in [1.807, 2.05) is 55.1 Å². The molecular formula is C32H35ClN2O5. The Morgan fingerprint density at radius 2 is 1.68 bits per heavy atom. The van der Waals surface area contributed by atoms with Crippen LogP contribution >= 0.6 is 11.6 Å². The van der Waals surface area contributed by atoms with Crippen molar-refractivity contribution in [3.05, 3.63) is 88.9 Å². The topological polar surface area (TPSA) is 87.2 Å². The van der Waals surface area contributed by atoms with Crippen LogP contribution in [0.15, 0.2) is 72.8 Å². The summed E-state index contributed by atoms with van der Waals surface area (Å²) in [6.45, 7) is 7.43. The first-order valence-electron chi connectivity index (χ1n) is 13.5. The lowest BCUT2D eigenvalue weighted by Crippen LogP contribution is -2.47. The van der Waals surface area contributed by atoms with Crippen LogP contribution < -0.4 is 14.5 Å². The average Bonchev–Trinajstić information content (AvgIpc) is 2.94. The molecule has 0 saturated carbocycles. The number of carbonyl (C=O) groups is 3. The Hall–Kier alpha value is -3.84. The molecule has 0 radical (unpaired) electrons. The number of hydrogen-bond acceptors (Lipinski definition) is 4. The number of hydrogen-bond donors (Lipinski definition) is 1. The number of rotatable bonds is 9. The molecule has 0 saturated heterocycles. The minimum atomic E-state index is -0.879. The van der Waals surface area contributed by atoms with Crippen LogP contribution in [-0.4, -0.2) is 35.5 Å². The van der Waals surface area contributed by atoms with Crippen LogP contribution in [0.2, 0.25) is 5.02 Å². The highest BCUT2D eigenvalue weighted by Crippen LogP contribution is 2.43. The predicted octanol–water partition coefficient (Wildman–Crippen LogP) is 7.14. The van der Waals surface area contributed by atoms with Gasteiger partial charge in [-0.2, -0.15) is 0 Å². The molecule has 1 aliphatic rings. The van der Waals surface area contributed by atoms with Gasteiger partial charge in [0.1, 0.15) is 5.75 Å². The van der Waals surface area contributed by atoms with Crippen LogP contribution in [0, 0.1) is 5.41 Å². The summed E-state index contributed by atoms with van der Waals surface area (Å²) in [5.74, 6) is -0.444. The van der Waals surface area contributed by atoms with Gasteiger partial charge in [0.25, 0.3) is 5.91 Å². The number of carboxylic acid groups (broad SMARTS) is 1. The second-order valence-corrected chi connectivity index (χ2v) is 11.2. The normalized spacial score (nSPS) is 16.7. The van der Waals surface area contributed by atoms with E-state index in [1.54, 1.807) is 55.1 Å². The average molecular weight is 563 g/mol. The molecule has 8 heteroatoms. The maximum atomic E-state index is 13.8. The van der Waals surface area contributed by atoms with Crippen molar-refractivity contribution in [1.82, 2.24) is 0 Å². The summed E-state index contributed by atoms with van der Waals surface area (Å²) < 4.78 is 5.74. The van der Waals surface area contributed by atoms with E-state index in [1.165, 1.54) is 0 Å². The molecule has 0 fully saturated rings. The zero-order valence-corrected chi connectivity index (χ0v) is 24.0. The molecule has 0 aliphatic carbocycles. The third-order valence-corrected chi connectivity index (χ3v) is 7.69. The molecule has 210 valence electrons. The number of carbonyl (C=O) groups excluding carboxylic acids is 2. The van der Waals surface area contributed by atoms with Gasteiger partial charge in [0, 0.05) is 34.4 Å². The zero-order valence-electron chi connectivity index (χ0n) is 23.3. The summed E-state index contributed by atoms with van der Waals surface area (Å²) in [6.07, 6.45) is 1.28. The highest BCUT2D eigenvalue weighted by atomic mass is 35.5. The largest absolute Gasteiger partial charge is 0.494 e. The number of benzene rings is 3. The smallest absolute Gasteiger partial charge is 0.309 e. The summed E-state index contributed by atoms with van der Waals surface area (Å²) in [6, 6.07) is 21.5. The van der Waals surface area contributed by atoms with Gasteiger partial charge in [0.2, 0.25) is 5.91 Å². The highest BCUT2D eigenvalue weighted by Gasteiger charge is 2.38. The van der Waals surface area contributed by atoms with Gasteiger partial charge in [0.05, 0.1) is 18.1 Å². The van der Waals surface area contributed by atoms with Gasteiger partial charge in [-0.05, 0) is 93.8 Å². The van der Waals surface area contributed by atoms with E-state index in [0.717, 1.165) is 16.9 Å². The molecule has 2 amide bonds. The monoisotopic (exact) mass is 562 g/mol. The maximum absolute atomic E-state index is 13.8.